The Morgan fingerprint density at radius 2 is 1.59 bits per heavy atom. The number of rotatable bonds is 5. The number of hydrogen-bond donors (Lipinski definition) is 8. The standard InChI is InChI=1S/C7H5NO3S.C6H13NO5.H2O4S/c9-7-5-3-1-2-4-6(5)12(10,11)8-7;7-3(1-8)5(11)6(12)4(10)2-9;1-5(2,3)4/h1-4H,(H,8,9);1,3-6,9-12H,2,7H2;(H2,1,2,3,4)/t;3-,4+,5+,6+;/m.0./s1. The first-order valence-electron chi connectivity index (χ1n) is 7.37. The molecule has 0 radical (unpaired) electrons. The highest BCUT2D eigenvalue weighted by molar-refractivity contribution is 7.90. The van der Waals surface area contributed by atoms with Crippen molar-refractivity contribution in [2.45, 2.75) is 29.2 Å². The molecule has 0 saturated heterocycles. The van der Waals surface area contributed by atoms with Crippen molar-refractivity contribution in [1.82, 2.24) is 4.72 Å². The lowest BCUT2D eigenvalue weighted by molar-refractivity contribution is -0.118. The number of aliphatic hydroxyl groups excluding tert-OH is 4. The quantitative estimate of drug-likeness (QED) is 0.154. The minimum atomic E-state index is -4.67. The largest absolute Gasteiger partial charge is 0.394 e. The molecule has 1 aromatic carbocycles. The van der Waals surface area contributed by atoms with Crippen LogP contribution < -0.4 is 10.5 Å². The molecule has 9 N–H and O–H groups in total. The molecule has 0 fully saturated rings. The predicted octanol–water partition coefficient (Wildman–Crippen LogP) is -3.95. The third-order valence-corrected chi connectivity index (χ3v) is 4.52. The lowest BCUT2D eigenvalue weighted by Crippen LogP contribution is -2.49. The monoisotopic (exact) mass is 460 g/mol. The van der Waals surface area contributed by atoms with Crippen molar-refractivity contribution in [1.29, 1.82) is 0 Å². The number of aldehydes is 1. The maximum atomic E-state index is 11.1. The summed E-state index contributed by atoms with van der Waals surface area (Å²) in [5, 5.41) is 35.2. The van der Waals surface area contributed by atoms with E-state index in [1.807, 2.05) is 4.72 Å². The van der Waals surface area contributed by atoms with Crippen LogP contribution in [0.1, 0.15) is 10.4 Å². The zero-order chi connectivity index (χ0) is 23.0. The van der Waals surface area contributed by atoms with Gasteiger partial charge in [0.1, 0.15) is 29.5 Å². The number of benzene rings is 1. The molecule has 0 bridgehead atoms. The second kappa shape index (κ2) is 11.2. The van der Waals surface area contributed by atoms with Crippen LogP contribution in [0.5, 0.6) is 0 Å². The van der Waals surface area contributed by atoms with E-state index >= 15 is 0 Å². The number of carbonyl (C=O) groups excluding carboxylic acids is 2. The molecule has 0 aromatic heterocycles. The van der Waals surface area contributed by atoms with E-state index in [2.05, 4.69) is 0 Å². The lowest BCUT2D eigenvalue weighted by Gasteiger charge is -2.23. The second-order valence-electron chi connectivity index (χ2n) is 5.32. The zero-order valence-electron chi connectivity index (χ0n) is 14.4. The number of amides is 1. The molecule has 2 rings (SSSR count). The minimum Gasteiger partial charge on any atom is -0.394 e. The van der Waals surface area contributed by atoms with E-state index in [0.29, 0.717) is 0 Å². The van der Waals surface area contributed by atoms with Gasteiger partial charge in [0.15, 0.2) is 0 Å². The number of carbonyl (C=O) groups is 2. The summed E-state index contributed by atoms with van der Waals surface area (Å²) in [6.45, 7) is -0.705. The predicted molar refractivity (Wildman–Crippen MR) is 94.4 cm³/mol. The van der Waals surface area contributed by atoms with Crippen LogP contribution in [0, 0.1) is 0 Å². The van der Waals surface area contributed by atoms with E-state index in [1.54, 1.807) is 12.1 Å². The summed E-state index contributed by atoms with van der Waals surface area (Å²) in [7, 11) is -8.22. The van der Waals surface area contributed by atoms with E-state index in [9.17, 15) is 18.0 Å². The van der Waals surface area contributed by atoms with Crippen LogP contribution in [0.25, 0.3) is 0 Å². The van der Waals surface area contributed by atoms with E-state index in [4.69, 9.17) is 43.7 Å². The molecule has 0 spiro atoms. The Morgan fingerprint density at radius 1 is 1.10 bits per heavy atom. The van der Waals surface area contributed by atoms with E-state index in [-0.39, 0.29) is 16.7 Å². The average Bonchev–Trinajstić information content (AvgIpc) is 2.87. The maximum Gasteiger partial charge on any atom is 0.394 e. The SMILES string of the molecule is N[C@@H](C=O)[C@@H](O)[C@H](O)[C@H](O)CO.O=C1NS(=O)(=O)c2ccccc21.O=S(=O)(O)O. The van der Waals surface area contributed by atoms with E-state index < -0.39 is 57.3 Å². The van der Waals surface area contributed by atoms with Gasteiger partial charge in [-0.15, -0.1) is 0 Å². The first kappa shape index (κ1) is 27.0. The number of aliphatic hydroxyl groups is 4. The van der Waals surface area contributed by atoms with Gasteiger partial charge in [-0.05, 0) is 12.1 Å². The first-order valence-corrected chi connectivity index (χ1v) is 10.3. The molecule has 1 amide bonds. The molecule has 1 aliphatic heterocycles. The van der Waals surface area contributed by atoms with Crippen LogP contribution in [-0.4, -0.2) is 89.5 Å². The maximum absolute atomic E-state index is 11.1. The average molecular weight is 460 g/mol. The summed E-state index contributed by atoms with van der Waals surface area (Å²) in [5.74, 6) is -0.550. The fourth-order valence-electron chi connectivity index (χ4n) is 1.76. The van der Waals surface area contributed by atoms with Gasteiger partial charge in [-0.2, -0.15) is 8.42 Å². The third-order valence-electron chi connectivity index (χ3n) is 3.13. The number of fused-ring (bicyclic) bond motifs is 1. The van der Waals surface area contributed by atoms with Gasteiger partial charge in [0.05, 0.1) is 18.2 Å². The molecule has 14 nitrogen and oxygen atoms in total. The third kappa shape index (κ3) is 9.35. The minimum absolute atomic E-state index is 0.0648. The van der Waals surface area contributed by atoms with Gasteiger partial charge in [-0.3, -0.25) is 13.9 Å². The lowest BCUT2D eigenvalue weighted by atomic mass is 10.0. The van der Waals surface area contributed by atoms with Gasteiger partial charge in [0.2, 0.25) is 0 Å². The van der Waals surface area contributed by atoms with Crippen molar-refractivity contribution in [3.8, 4) is 0 Å². The summed E-state index contributed by atoms with van der Waals surface area (Å²) in [6, 6.07) is 4.83. The summed E-state index contributed by atoms with van der Waals surface area (Å²) in [4.78, 5) is 21.1. The molecule has 1 aliphatic rings. The summed E-state index contributed by atoms with van der Waals surface area (Å²) >= 11 is 0. The second-order valence-corrected chi connectivity index (χ2v) is 7.87. The zero-order valence-corrected chi connectivity index (χ0v) is 16.1. The molecule has 0 unspecified atom stereocenters. The Balaban J connectivity index is 0.000000442. The summed E-state index contributed by atoms with van der Waals surface area (Å²) < 4.78 is 55.7. The Kier molecular flexibility index (Phi) is 10.5. The Morgan fingerprint density at radius 3 is 2.00 bits per heavy atom. The van der Waals surface area contributed by atoms with Crippen LogP contribution in [-0.2, 0) is 25.2 Å². The van der Waals surface area contributed by atoms with E-state index in [0.717, 1.165) is 0 Å². The van der Waals surface area contributed by atoms with Crippen LogP contribution >= 0.6 is 0 Å². The van der Waals surface area contributed by atoms with Crippen molar-refractivity contribution in [3.63, 3.8) is 0 Å². The van der Waals surface area contributed by atoms with Crippen molar-refractivity contribution in [3.05, 3.63) is 29.8 Å². The smallest absolute Gasteiger partial charge is 0.394 e. The molecule has 29 heavy (non-hydrogen) atoms. The molecule has 1 heterocycles. The van der Waals surface area contributed by atoms with Crippen LogP contribution in [0.3, 0.4) is 0 Å². The number of sulfonamides is 1. The molecule has 16 heteroatoms. The van der Waals surface area contributed by atoms with Crippen molar-refractivity contribution in [2.75, 3.05) is 6.61 Å². The van der Waals surface area contributed by atoms with Gasteiger partial charge in [0.25, 0.3) is 15.9 Å². The van der Waals surface area contributed by atoms with Gasteiger partial charge in [0, 0.05) is 0 Å². The Bertz CT molecular complexity index is 894. The van der Waals surface area contributed by atoms with Crippen molar-refractivity contribution in [2.24, 2.45) is 5.73 Å². The fourth-order valence-corrected chi connectivity index (χ4v) is 2.94. The molecule has 166 valence electrons. The molecular formula is C13H20N2O12S2. The highest BCUT2D eigenvalue weighted by atomic mass is 32.3. The summed E-state index contributed by atoms with van der Waals surface area (Å²) in [5.41, 5.74) is 5.26. The first-order chi connectivity index (χ1) is 13.2. The molecule has 0 aliphatic carbocycles. The molecule has 4 atom stereocenters. The molecular weight excluding hydrogens is 440 g/mol. The van der Waals surface area contributed by atoms with Gasteiger partial charge < -0.3 is 31.0 Å². The van der Waals surface area contributed by atoms with Crippen LogP contribution in [0.4, 0.5) is 0 Å². The fraction of sp³-hybridized carbons (Fsp3) is 0.385. The van der Waals surface area contributed by atoms with Crippen LogP contribution in [0.15, 0.2) is 29.2 Å². The normalized spacial score (nSPS) is 18.4. The Labute approximate surface area is 165 Å². The topological polar surface area (TPSA) is 262 Å². The van der Waals surface area contributed by atoms with E-state index in [1.165, 1.54) is 12.1 Å². The highest BCUT2D eigenvalue weighted by Gasteiger charge is 2.31. The van der Waals surface area contributed by atoms with Gasteiger partial charge in [-0.25, -0.2) is 13.1 Å². The number of nitrogens with one attached hydrogen (secondary N) is 1. The molecule has 0 saturated carbocycles. The van der Waals surface area contributed by atoms with Gasteiger partial charge in [-0.1, -0.05) is 12.1 Å². The molecule has 1 aromatic rings. The van der Waals surface area contributed by atoms with Gasteiger partial charge >= 0.3 is 10.4 Å². The Hall–Kier alpha value is -2.02. The number of hydrogen-bond acceptors (Lipinski definition) is 11. The van der Waals surface area contributed by atoms with Crippen molar-refractivity contribution >= 4 is 32.6 Å². The highest BCUT2D eigenvalue weighted by Crippen LogP contribution is 2.20. The van der Waals surface area contributed by atoms with Crippen molar-refractivity contribution < 1.29 is 56.0 Å². The number of nitrogens with two attached hydrogens (primary N) is 1. The van der Waals surface area contributed by atoms with Crippen LogP contribution in [0.2, 0.25) is 0 Å². The summed E-state index contributed by atoms with van der Waals surface area (Å²) in [6.07, 6.45) is -4.43.